The third-order valence-electron chi connectivity index (χ3n) is 3.78. The maximum atomic E-state index is 12.1. The first-order chi connectivity index (χ1) is 7.97. The molecule has 1 rings (SSSR count). The van der Waals surface area contributed by atoms with Gasteiger partial charge in [-0.25, -0.2) is 4.79 Å². The Kier molecular flexibility index (Phi) is 4.01. The first-order valence-corrected chi connectivity index (χ1v) is 6.72. The number of hydrogen-bond acceptors (Lipinski definition) is 3. The van der Waals surface area contributed by atoms with Gasteiger partial charge in [-0.3, -0.25) is 0 Å². The van der Waals surface area contributed by atoms with Crippen LogP contribution < -0.4 is 5.73 Å². The zero-order chi connectivity index (χ0) is 14.3. The lowest BCUT2D eigenvalue weighted by molar-refractivity contribution is 0.0174. The molecule has 0 aromatic heterocycles. The molecule has 4 heteroatoms. The first-order valence-electron chi connectivity index (χ1n) is 6.72. The molecular weight excluding hydrogens is 228 g/mol. The van der Waals surface area contributed by atoms with E-state index in [4.69, 9.17) is 10.5 Å². The average molecular weight is 256 g/mol. The molecule has 2 N–H and O–H groups in total. The summed E-state index contributed by atoms with van der Waals surface area (Å²) in [4.78, 5) is 13.9. The van der Waals surface area contributed by atoms with Crippen LogP contribution in [0, 0.1) is 11.3 Å². The zero-order valence-electron chi connectivity index (χ0n) is 12.8. The number of carbonyl (C=O) groups is 1. The van der Waals surface area contributed by atoms with E-state index in [0.717, 1.165) is 0 Å². The molecule has 1 aliphatic carbocycles. The maximum absolute atomic E-state index is 12.1. The molecule has 4 nitrogen and oxygen atoms in total. The minimum absolute atomic E-state index is 0.128. The summed E-state index contributed by atoms with van der Waals surface area (Å²) in [5.74, 6) is 0.368. The van der Waals surface area contributed by atoms with Crippen LogP contribution in [0.1, 0.15) is 48.5 Å². The molecule has 1 aliphatic rings. The molecule has 1 fully saturated rings. The van der Waals surface area contributed by atoms with Crippen LogP contribution >= 0.6 is 0 Å². The fraction of sp³-hybridized carbons (Fsp3) is 0.929. The highest BCUT2D eigenvalue weighted by Gasteiger charge is 2.56. The van der Waals surface area contributed by atoms with Crippen LogP contribution in [0.5, 0.6) is 0 Å². The van der Waals surface area contributed by atoms with Crippen molar-refractivity contribution in [3.63, 3.8) is 0 Å². The van der Waals surface area contributed by atoms with Gasteiger partial charge in [-0.05, 0) is 46.0 Å². The fourth-order valence-corrected chi connectivity index (χ4v) is 2.16. The summed E-state index contributed by atoms with van der Waals surface area (Å²) in [6, 6.07) is 0.310. The van der Waals surface area contributed by atoms with E-state index < -0.39 is 5.60 Å². The van der Waals surface area contributed by atoms with Gasteiger partial charge in [0.25, 0.3) is 0 Å². The van der Waals surface area contributed by atoms with Crippen molar-refractivity contribution in [2.24, 2.45) is 17.1 Å². The molecule has 1 saturated carbocycles. The van der Waals surface area contributed by atoms with Crippen LogP contribution in [-0.2, 0) is 4.74 Å². The number of nitrogens with zero attached hydrogens (tertiary/aromatic N) is 1. The Hall–Kier alpha value is -0.770. The Morgan fingerprint density at radius 1 is 1.39 bits per heavy atom. The lowest BCUT2D eigenvalue weighted by Crippen LogP contribution is -2.42. The van der Waals surface area contributed by atoms with Crippen LogP contribution in [0.25, 0.3) is 0 Å². The predicted octanol–water partition coefficient (Wildman–Crippen LogP) is 2.62. The molecule has 106 valence electrons. The Morgan fingerprint density at radius 3 is 2.11 bits per heavy atom. The molecule has 18 heavy (non-hydrogen) atoms. The van der Waals surface area contributed by atoms with Gasteiger partial charge < -0.3 is 15.4 Å². The molecule has 0 saturated heterocycles. The van der Waals surface area contributed by atoms with Gasteiger partial charge in [-0.15, -0.1) is 0 Å². The number of rotatable bonds is 3. The van der Waals surface area contributed by atoms with Crippen molar-refractivity contribution in [1.29, 1.82) is 0 Å². The lowest BCUT2D eigenvalue weighted by Gasteiger charge is -2.30. The summed E-state index contributed by atoms with van der Waals surface area (Å²) in [5, 5.41) is 0. The van der Waals surface area contributed by atoms with E-state index >= 15 is 0 Å². The second-order valence-corrected chi connectivity index (χ2v) is 7.18. The summed E-state index contributed by atoms with van der Waals surface area (Å²) in [7, 11) is 0. The quantitative estimate of drug-likeness (QED) is 0.844. The summed E-state index contributed by atoms with van der Waals surface area (Å²) < 4.78 is 5.44. The first kappa shape index (κ1) is 15.3. The standard InChI is InChI=1S/C14H28N2O2/c1-9(2)16(12(17)18-13(3,4)5)8-10-11(15)14(10,6)7/h9-11H,8,15H2,1-7H3/t10-,11-/m0/s1. The highest BCUT2D eigenvalue weighted by molar-refractivity contribution is 5.68. The average Bonchev–Trinajstić information content (AvgIpc) is 2.58. The summed E-state index contributed by atoms with van der Waals surface area (Å²) in [6.45, 7) is 14.6. The van der Waals surface area contributed by atoms with Gasteiger partial charge in [0.1, 0.15) is 5.60 Å². The van der Waals surface area contributed by atoms with Gasteiger partial charge in [0.15, 0.2) is 0 Å². The molecule has 0 bridgehead atoms. The van der Waals surface area contributed by atoms with E-state index in [1.54, 1.807) is 4.90 Å². The Balaban J connectivity index is 2.65. The van der Waals surface area contributed by atoms with Gasteiger partial charge in [-0.1, -0.05) is 13.8 Å². The van der Waals surface area contributed by atoms with E-state index in [1.807, 2.05) is 34.6 Å². The molecule has 0 aliphatic heterocycles. The predicted molar refractivity (Wildman–Crippen MR) is 73.3 cm³/mol. The minimum atomic E-state index is -0.453. The smallest absolute Gasteiger partial charge is 0.410 e. The Labute approximate surface area is 111 Å². The van der Waals surface area contributed by atoms with Gasteiger partial charge in [0.2, 0.25) is 0 Å². The number of ether oxygens (including phenoxy) is 1. The van der Waals surface area contributed by atoms with Crippen molar-refractivity contribution in [1.82, 2.24) is 4.90 Å². The normalized spacial score (nSPS) is 26.1. The van der Waals surface area contributed by atoms with Crippen molar-refractivity contribution in [2.75, 3.05) is 6.54 Å². The molecule has 0 aromatic carbocycles. The van der Waals surface area contributed by atoms with Crippen molar-refractivity contribution >= 4 is 6.09 Å². The van der Waals surface area contributed by atoms with Gasteiger partial charge in [0.05, 0.1) is 0 Å². The van der Waals surface area contributed by atoms with Crippen LogP contribution in [-0.4, -0.2) is 35.2 Å². The summed E-state index contributed by atoms with van der Waals surface area (Å²) >= 11 is 0. The number of carbonyl (C=O) groups excluding carboxylic acids is 1. The molecule has 0 spiro atoms. The Bertz CT molecular complexity index is 318. The van der Waals surface area contributed by atoms with E-state index in [1.165, 1.54) is 0 Å². The SMILES string of the molecule is CC(C)N(C[C@H]1[C@H](N)C1(C)C)C(=O)OC(C)(C)C. The highest BCUT2D eigenvalue weighted by atomic mass is 16.6. The third kappa shape index (κ3) is 3.37. The van der Waals surface area contributed by atoms with E-state index in [0.29, 0.717) is 12.5 Å². The molecular formula is C14H28N2O2. The monoisotopic (exact) mass is 256 g/mol. The molecule has 2 atom stereocenters. The van der Waals surface area contributed by atoms with E-state index in [2.05, 4.69) is 13.8 Å². The number of nitrogens with two attached hydrogens (primary N) is 1. The molecule has 0 heterocycles. The topological polar surface area (TPSA) is 55.6 Å². The number of hydrogen-bond donors (Lipinski definition) is 1. The van der Waals surface area contributed by atoms with Crippen molar-refractivity contribution in [2.45, 2.75) is 66.2 Å². The number of amides is 1. The van der Waals surface area contributed by atoms with Crippen molar-refractivity contribution < 1.29 is 9.53 Å². The molecule has 0 radical (unpaired) electrons. The van der Waals surface area contributed by atoms with Crippen molar-refractivity contribution in [3.05, 3.63) is 0 Å². The second-order valence-electron chi connectivity index (χ2n) is 7.18. The summed E-state index contributed by atoms with van der Waals surface area (Å²) in [5.41, 5.74) is 5.72. The largest absolute Gasteiger partial charge is 0.444 e. The highest BCUT2D eigenvalue weighted by Crippen LogP contribution is 2.50. The van der Waals surface area contributed by atoms with Crippen LogP contribution in [0.15, 0.2) is 0 Å². The van der Waals surface area contributed by atoms with Crippen LogP contribution in [0.2, 0.25) is 0 Å². The van der Waals surface area contributed by atoms with E-state index in [-0.39, 0.29) is 23.6 Å². The lowest BCUT2D eigenvalue weighted by atomic mass is 10.1. The second kappa shape index (κ2) is 4.72. The van der Waals surface area contributed by atoms with Crippen LogP contribution in [0.4, 0.5) is 4.79 Å². The van der Waals surface area contributed by atoms with Crippen LogP contribution in [0.3, 0.4) is 0 Å². The zero-order valence-corrected chi connectivity index (χ0v) is 12.8. The fourth-order valence-electron chi connectivity index (χ4n) is 2.16. The van der Waals surface area contributed by atoms with Gasteiger partial charge >= 0.3 is 6.09 Å². The van der Waals surface area contributed by atoms with E-state index in [9.17, 15) is 4.79 Å². The molecule has 1 amide bonds. The van der Waals surface area contributed by atoms with Crippen molar-refractivity contribution in [3.8, 4) is 0 Å². The Morgan fingerprint density at radius 2 is 1.83 bits per heavy atom. The van der Waals surface area contributed by atoms with Gasteiger partial charge in [0, 0.05) is 18.6 Å². The molecule has 0 aromatic rings. The third-order valence-corrected chi connectivity index (χ3v) is 3.78. The summed E-state index contributed by atoms with van der Waals surface area (Å²) in [6.07, 6.45) is -0.243. The molecule has 0 unspecified atom stereocenters. The maximum Gasteiger partial charge on any atom is 0.410 e. The minimum Gasteiger partial charge on any atom is -0.444 e. The van der Waals surface area contributed by atoms with Gasteiger partial charge in [-0.2, -0.15) is 0 Å².